The first kappa shape index (κ1) is 16.9. The predicted molar refractivity (Wildman–Crippen MR) is 97.6 cm³/mol. The summed E-state index contributed by atoms with van der Waals surface area (Å²) in [5.74, 6) is 0.745. The SMILES string of the molecule is Cc1ccc(C(=O)CCC(=O)N2CCC(c3ccccc3)CC2)s1. The van der Waals surface area contributed by atoms with E-state index in [1.54, 1.807) is 0 Å². The molecule has 0 atom stereocenters. The molecule has 3 nitrogen and oxygen atoms in total. The number of hydrogen-bond donors (Lipinski definition) is 0. The molecule has 0 bridgehead atoms. The van der Waals surface area contributed by atoms with Crippen LogP contribution in [-0.4, -0.2) is 29.7 Å². The molecule has 0 spiro atoms. The number of thiophene rings is 1. The van der Waals surface area contributed by atoms with Gasteiger partial charge in [-0.2, -0.15) is 0 Å². The van der Waals surface area contributed by atoms with Crippen LogP contribution in [0.25, 0.3) is 0 Å². The lowest BCUT2D eigenvalue weighted by molar-refractivity contribution is -0.132. The lowest BCUT2D eigenvalue weighted by Gasteiger charge is -2.32. The summed E-state index contributed by atoms with van der Waals surface area (Å²) in [6, 6.07) is 14.3. The fourth-order valence-electron chi connectivity index (χ4n) is 3.27. The molecule has 1 saturated heterocycles. The number of Topliss-reactive ketones (excluding diaryl/α,β-unsaturated/α-hetero) is 1. The molecule has 0 N–H and O–H groups in total. The fraction of sp³-hybridized carbons (Fsp3) is 0.400. The van der Waals surface area contributed by atoms with Crippen LogP contribution in [0.1, 0.15) is 51.7 Å². The molecule has 24 heavy (non-hydrogen) atoms. The normalized spacial score (nSPS) is 15.5. The highest BCUT2D eigenvalue weighted by atomic mass is 32.1. The molecule has 1 fully saturated rings. The minimum atomic E-state index is 0.0839. The van der Waals surface area contributed by atoms with Crippen molar-refractivity contribution in [2.24, 2.45) is 0 Å². The zero-order valence-electron chi connectivity index (χ0n) is 14.0. The Hall–Kier alpha value is -1.94. The lowest BCUT2D eigenvalue weighted by atomic mass is 9.89. The summed E-state index contributed by atoms with van der Waals surface area (Å²) < 4.78 is 0. The van der Waals surface area contributed by atoms with Crippen LogP contribution >= 0.6 is 11.3 Å². The first-order valence-corrected chi connectivity index (χ1v) is 9.37. The van der Waals surface area contributed by atoms with Gasteiger partial charge in [-0.1, -0.05) is 30.3 Å². The first-order valence-electron chi connectivity index (χ1n) is 8.56. The van der Waals surface area contributed by atoms with Crippen LogP contribution in [0.4, 0.5) is 0 Å². The van der Waals surface area contributed by atoms with Crippen LogP contribution in [0.5, 0.6) is 0 Å². The third-order valence-corrected chi connectivity index (χ3v) is 5.74. The highest BCUT2D eigenvalue weighted by Crippen LogP contribution is 2.28. The van der Waals surface area contributed by atoms with E-state index >= 15 is 0 Å². The number of benzene rings is 1. The fourth-order valence-corrected chi connectivity index (χ4v) is 4.11. The van der Waals surface area contributed by atoms with E-state index in [9.17, 15) is 9.59 Å². The predicted octanol–water partition coefficient (Wildman–Crippen LogP) is 4.43. The zero-order valence-corrected chi connectivity index (χ0v) is 14.8. The quantitative estimate of drug-likeness (QED) is 0.755. The summed E-state index contributed by atoms with van der Waals surface area (Å²) in [7, 11) is 0. The van der Waals surface area contributed by atoms with Crippen LogP contribution in [0.2, 0.25) is 0 Å². The van der Waals surface area contributed by atoms with Gasteiger partial charge in [-0.3, -0.25) is 9.59 Å². The van der Waals surface area contributed by atoms with E-state index in [1.807, 2.05) is 30.0 Å². The molecule has 2 heterocycles. The maximum atomic E-state index is 12.4. The number of ketones is 1. The molecule has 0 radical (unpaired) electrons. The largest absolute Gasteiger partial charge is 0.343 e. The molecule has 3 rings (SSSR count). The van der Waals surface area contributed by atoms with Gasteiger partial charge >= 0.3 is 0 Å². The monoisotopic (exact) mass is 341 g/mol. The van der Waals surface area contributed by atoms with Crippen molar-refractivity contribution < 1.29 is 9.59 Å². The molecular formula is C20H23NO2S. The van der Waals surface area contributed by atoms with Crippen molar-refractivity contribution in [2.75, 3.05) is 13.1 Å². The third kappa shape index (κ3) is 4.12. The standard InChI is InChI=1S/C20H23NO2S/c1-15-7-9-19(24-15)18(22)8-10-20(23)21-13-11-17(12-14-21)16-5-3-2-4-6-16/h2-7,9,17H,8,10-14H2,1H3. The Morgan fingerprint density at radius 3 is 2.38 bits per heavy atom. The third-order valence-electron chi connectivity index (χ3n) is 4.70. The van der Waals surface area contributed by atoms with Gasteiger partial charge in [0.15, 0.2) is 5.78 Å². The van der Waals surface area contributed by atoms with Crippen LogP contribution in [0.15, 0.2) is 42.5 Å². The van der Waals surface area contributed by atoms with Gasteiger partial charge in [-0.05, 0) is 43.4 Å². The molecular weight excluding hydrogens is 318 g/mol. The molecule has 1 aliphatic rings. The summed E-state index contributed by atoms with van der Waals surface area (Å²) in [6.45, 7) is 3.58. The topological polar surface area (TPSA) is 37.4 Å². The van der Waals surface area contributed by atoms with E-state index in [4.69, 9.17) is 0 Å². The van der Waals surface area contributed by atoms with E-state index in [0.717, 1.165) is 35.7 Å². The number of likely N-dealkylation sites (tertiary alicyclic amines) is 1. The maximum Gasteiger partial charge on any atom is 0.223 e. The molecule has 0 aliphatic carbocycles. The van der Waals surface area contributed by atoms with E-state index in [-0.39, 0.29) is 11.7 Å². The zero-order chi connectivity index (χ0) is 16.9. The van der Waals surface area contributed by atoms with Gasteiger partial charge in [0.05, 0.1) is 4.88 Å². The Balaban J connectivity index is 1.46. The van der Waals surface area contributed by atoms with Crippen molar-refractivity contribution in [1.82, 2.24) is 4.90 Å². The first-order chi connectivity index (χ1) is 11.6. The molecule has 0 unspecified atom stereocenters. The molecule has 1 aromatic carbocycles. The van der Waals surface area contributed by atoms with E-state index < -0.39 is 0 Å². The Morgan fingerprint density at radius 2 is 1.75 bits per heavy atom. The van der Waals surface area contributed by atoms with Crippen LogP contribution < -0.4 is 0 Å². The molecule has 1 aliphatic heterocycles. The molecule has 4 heteroatoms. The van der Waals surface area contributed by atoms with Crippen molar-refractivity contribution >= 4 is 23.0 Å². The second-order valence-electron chi connectivity index (χ2n) is 6.40. The van der Waals surface area contributed by atoms with Gasteiger partial charge in [0.2, 0.25) is 5.91 Å². The van der Waals surface area contributed by atoms with Crippen molar-refractivity contribution in [3.05, 3.63) is 57.8 Å². The average Bonchev–Trinajstić information content (AvgIpc) is 3.07. The van der Waals surface area contributed by atoms with Gasteiger partial charge in [0, 0.05) is 30.8 Å². The Labute approximate surface area is 147 Å². The van der Waals surface area contributed by atoms with Gasteiger partial charge in [0.25, 0.3) is 0 Å². The minimum Gasteiger partial charge on any atom is -0.343 e. The van der Waals surface area contributed by atoms with E-state index in [2.05, 4.69) is 24.3 Å². The Morgan fingerprint density at radius 1 is 1.04 bits per heavy atom. The Bertz CT molecular complexity index is 699. The number of hydrogen-bond acceptors (Lipinski definition) is 3. The van der Waals surface area contributed by atoms with Crippen LogP contribution in [-0.2, 0) is 4.79 Å². The summed E-state index contributed by atoms with van der Waals surface area (Å²) >= 11 is 1.51. The number of piperidine rings is 1. The summed E-state index contributed by atoms with van der Waals surface area (Å²) in [6.07, 6.45) is 2.66. The number of carbonyl (C=O) groups excluding carboxylic acids is 2. The lowest BCUT2D eigenvalue weighted by Crippen LogP contribution is -2.38. The van der Waals surface area contributed by atoms with Crippen molar-refractivity contribution in [2.45, 2.75) is 38.5 Å². The minimum absolute atomic E-state index is 0.0839. The maximum absolute atomic E-state index is 12.4. The summed E-state index contributed by atoms with van der Waals surface area (Å²) in [5.41, 5.74) is 1.37. The van der Waals surface area contributed by atoms with E-state index in [0.29, 0.717) is 18.8 Å². The number of carbonyl (C=O) groups is 2. The van der Waals surface area contributed by atoms with Crippen LogP contribution in [0, 0.1) is 6.92 Å². The molecule has 126 valence electrons. The summed E-state index contributed by atoms with van der Waals surface area (Å²) in [4.78, 5) is 28.3. The van der Waals surface area contributed by atoms with Gasteiger partial charge in [-0.25, -0.2) is 0 Å². The second kappa shape index (κ2) is 7.75. The van der Waals surface area contributed by atoms with Crippen LogP contribution in [0.3, 0.4) is 0 Å². The van der Waals surface area contributed by atoms with Gasteiger partial charge in [0.1, 0.15) is 0 Å². The van der Waals surface area contributed by atoms with Crippen molar-refractivity contribution in [3.8, 4) is 0 Å². The van der Waals surface area contributed by atoms with Crippen molar-refractivity contribution in [3.63, 3.8) is 0 Å². The van der Waals surface area contributed by atoms with Crippen molar-refractivity contribution in [1.29, 1.82) is 0 Å². The molecule has 0 saturated carbocycles. The Kier molecular flexibility index (Phi) is 5.46. The van der Waals surface area contributed by atoms with E-state index in [1.165, 1.54) is 16.9 Å². The van der Waals surface area contributed by atoms with Gasteiger partial charge < -0.3 is 4.90 Å². The highest BCUT2D eigenvalue weighted by molar-refractivity contribution is 7.14. The number of aryl methyl sites for hydroxylation is 1. The number of rotatable bonds is 5. The smallest absolute Gasteiger partial charge is 0.223 e. The molecule has 1 aromatic heterocycles. The highest BCUT2D eigenvalue weighted by Gasteiger charge is 2.24. The molecule has 1 amide bonds. The van der Waals surface area contributed by atoms with Gasteiger partial charge in [-0.15, -0.1) is 11.3 Å². The second-order valence-corrected chi connectivity index (χ2v) is 7.69. The molecule has 2 aromatic rings. The summed E-state index contributed by atoms with van der Waals surface area (Å²) in [5, 5.41) is 0. The number of nitrogens with zero attached hydrogens (tertiary/aromatic N) is 1. The number of amides is 1. The average molecular weight is 341 g/mol.